The molecule has 12 heteroatoms. The zero-order valence-corrected chi connectivity index (χ0v) is 19.6. The molecule has 170 valence electrons. The molecule has 0 radical (unpaired) electrons. The minimum atomic E-state index is -3.57. The fourth-order valence-corrected chi connectivity index (χ4v) is 8.24. The highest BCUT2D eigenvalue weighted by Gasteiger charge is 2.39. The van der Waals surface area contributed by atoms with Crippen molar-refractivity contribution in [2.24, 2.45) is 0 Å². The molecular weight excluding hydrogens is 462 g/mol. The van der Waals surface area contributed by atoms with E-state index in [1.807, 2.05) is 0 Å². The lowest BCUT2D eigenvalue weighted by Gasteiger charge is -2.25. The summed E-state index contributed by atoms with van der Waals surface area (Å²) in [4.78, 5) is 16.8. The zero-order valence-electron chi connectivity index (χ0n) is 17.2. The number of carbonyl (C=O) groups is 1. The Kier molecular flexibility index (Phi) is 6.10. The third-order valence-electron chi connectivity index (χ3n) is 5.56. The Hall–Kier alpha value is -1.63. The van der Waals surface area contributed by atoms with Gasteiger partial charge in [0.15, 0.2) is 15.4 Å². The maximum Gasteiger partial charge on any atom is 0.257 e. The van der Waals surface area contributed by atoms with Crippen molar-refractivity contribution in [1.82, 2.24) is 14.6 Å². The van der Waals surface area contributed by atoms with Gasteiger partial charge in [-0.15, -0.1) is 0 Å². The van der Waals surface area contributed by atoms with Crippen LogP contribution in [0.5, 0.6) is 0 Å². The fourth-order valence-electron chi connectivity index (χ4n) is 3.97. The average molecular weight is 488 g/mol. The quantitative estimate of drug-likeness (QED) is 0.611. The van der Waals surface area contributed by atoms with Crippen LogP contribution in [0.1, 0.15) is 32.6 Å². The Morgan fingerprint density at radius 3 is 2.71 bits per heavy atom. The topological polar surface area (TPSA) is 127 Å². The van der Waals surface area contributed by atoms with Gasteiger partial charge in [-0.3, -0.25) is 4.79 Å². The van der Waals surface area contributed by atoms with Crippen LogP contribution in [0.15, 0.2) is 32.7 Å². The molecule has 2 aliphatic heterocycles. The predicted molar refractivity (Wildman–Crippen MR) is 117 cm³/mol. The van der Waals surface area contributed by atoms with Crippen molar-refractivity contribution in [3.8, 4) is 0 Å². The lowest BCUT2D eigenvalue weighted by molar-refractivity contribution is -0.120. The Morgan fingerprint density at radius 2 is 2.03 bits per heavy atom. The number of hydrogen-bond acceptors (Lipinski definition) is 8. The van der Waals surface area contributed by atoms with Crippen molar-refractivity contribution in [1.29, 1.82) is 0 Å². The van der Waals surface area contributed by atoms with Crippen LogP contribution in [0.2, 0.25) is 0 Å². The van der Waals surface area contributed by atoms with E-state index in [1.54, 1.807) is 13.0 Å². The molecule has 9 nitrogen and oxygen atoms in total. The monoisotopic (exact) mass is 487 g/mol. The second kappa shape index (κ2) is 8.38. The van der Waals surface area contributed by atoms with Crippen molar-refractivity contribution >= 4 is 48.6 Å². The normalized spacial score (nSPS) is 24.4. The molecule has 1 aromatic heterocycles. The zero-order chi connectivity index (χ0) is 22.3. The van der Waals surface area contributed by atoms with Gasteiger partial charge in [-0.05, 0) is 44.4 Å². The van der Waals surface area contributed by atoms with Crippen LogP contribution in [-0.4, -0.2) is 67.9 Å². The molecule has 1 atom stereocenters. The first-order valence-electron chi connectivity index (χ1n) is 10.1. The summed E-state index contributed by atoms with van der Waals surface area (Å²) in [5.74, 6) is -0.278. The van der Waals surface area contributed by atoms with E-state index in [1.165, 1.54) is 16.4 Å². The highest BCUT2D eigenvalue weighted by atomic mass is 32.2. The number of aromatic nitrogens is 1. The van der Waals surface area contributed by atoms with Crippen LogP contribution in [0.25, 0.3) is 11.1 Å². The number of thioether (sulfide) groups is 1. The SMILES string of the molecule is C[C@@]1(NC(=O)CSc2nc3cc(S(=O)(=O)N4CCCCC4)ccc3o2)CCS(=O)(=O)C1. The van der Waals surface area contributed by atoms with Crippen LogP contribution in [0, 0.1) is 0 Å². The van der Waals surface area contributed by atoms with E-state index in [9.17, 15) is 21.6 Å². The molecule has 0 unspecified atom stereocenters. The minimum Gasteiger partial charge on any atom is -0.431 e. The second-order valence-corrected chi connectivity index (χ2v) is 13.4. The number of hydrogen-bond donors (Lipinski definition) is 1. The van der Waals surface area contributed by atoms with Gasteiger partial charge in [0, 0.05) is 13.1 Å². The molecule has 31 heavy (non-hydrogen) atoms. The van der Waals surface area contributed by atoms with Gasteiger partial charge in [-0.2, -0.15) is 4.31 Å². The van der Waals surface area contributed by atoms with E-state index in [0.717, 1.165) is 31.0 Å². The Morgan fingerprint density at radius 1 is 1.29 bits per heavy atom. The third kappa shape index (κ3) is 5.07. The van der Waals surface area contributed by atoms with Crippen molar-refractivity contribution in [3.05, 3.63) is 18.2 Å². The van der Waals surface area contributed by atoms with Gasteiger partial charge in [-0.25, -0.2) is 21.8 Å². The first-order chi connectivity index (χ1) is 14.6. The van der Waals surface area contributed by atoms with Crippen molar-refractivity contribution in [3.63, 3.8) is 0 Å². The minimum absolute atomic E-state index is 0.0153. The molecule has 3 heterocycles. The van der Waals surface area contributed by atoms with Crippen molar-refractivity contribution in [2.75, 3.05) is 30.3 Å². The molecule has 0 spiro atoms. The summed E-state index contributed by atoms with van der Waals surface area (Å²) in [6.07, 6.45) is 3.15. The van der Waals surface area contributed by atoms with Crippen LogP contribution < -0.4 is 5.32 Å². The number of benzene rings is 1. The van der Waals surface area contributed by atoms with Crippen LogP contribution in [-0.2, 0) is 24.7 Å². The van der Waals surface area contributed by atoms with E-state index in [2.05, 4.69) is 10.3 Å². The number of carbonyl (C=O) groups excluding carboxylic acids is 1. The number of sulfone groups is 1. The van der Waals surface area contributed by atoms with E-state index in [0.29, 0.717) is 30.6 Å². The van der Waals surface area contributed by atoms with Crippen LogP contribution in [0.3, 0.4) is 0 Å². The summed E-state index contributed by atoms with van der Waals surface area (Å²) < 4.78 is 56.2. The number of rotatable bonds is 6. The van der Waals surface area contributed by atoms with Gasteiger partial charge >= 0.3 is 0 Å². The molecule has 2 aromatic rings. The van der Waals surface area contributed by atoms with Crippen molar-refractivity contribution < 1.29 is 26.0 Å². The first-order valence-corrected chi connectivity index (χ1v) is 14.4. The molecule has 2 aliphatic rings. The molecule has 2 saturated heterocycles. The number of sulfonamides is 1. The molecule has 0 bridgehead atoms. The molecule has 1 N–H and O–H groups in total. The highest BCUT2D eigenvalue weighted by Crippen LogP contribution is 2.28. The van der Waals surface area contributed by atoms with Gasteiger partial charge in [0.05, 0.1) is 27.7 Å². The van der Waals surface area contributed by atoms with Crippen LogP contribution >= 0.6 is 11.8 Å². The number of nitrogens with one attached hydrogen (secondary N) is 1. The fraction of sp³-hybridized carbons (Fsp3) is 0.579. The summed E-state index contributed by atoms with van der Waals surface area (Å²) in [6, 6.07) is 4.59. The number of nitrogens with zero attached hydrogens (tertiary/aromatic N) is 2. The number of fused-ring (bicyclic) bond motifs is 1. The van der Waals surface area contributed by atoms with E-state index >= 15 is 0 Å². The summed E-state index contributed by atoms with van der Waals surface area (Å²) in [5.41, 5.74) is 0.0966. The average Bonchev–Trinajstić information content (AvgIpc) is 3.25. The highest BCUT2D eigenvalue weighted by molar-refractivity contribution is 7.99. The van der Waals surface area contributed by atoms with Gasteiger partial charge in [0.1, 0.15) is 5.52 Å². The Labute approximate surface area is 185 Å². The number of oxazole rings is 1. The predicted octanol–water partition coefficient (Wildman–Crippen LogP) is 1.79. The number of amides is 1. The smallest absolute Gasteiger partial charge is 0.257 e. The second-order valence-electron chi connectivity index (χ2n) is 8.31. The Balaban J connectivity index is 1.42. The molecule has 1 amide bonds. The first kappa shape index (κ1) is 22.6. The van der Waals surface area contributed by atoms with Crippen molar-refractivity contribution in [2.45, 2.75) is 48.3 Å². The van der Waals surface area contributed by atoms with Gasteiger partial charge in [0.25, 0.3) is 5.22 Å². The molecule has 0 aliphatic carbocycles. The van der Waals surface area contributed by atoms with E-state index in [4.69, 9.17) is 4.42 Å². The summed E-state index contributed by atoms with van der Waals surface area (Å²) in [7, 11) is -6.68. The molecule has 0 saturated carbocycles. The molecule has 4 rings (SSSR count). The maximum atomic E-state index is 12.9. The lowest BCUT2D eigenvalue weighted by atomic mass is 10.0. The summed E-state index contributed by atoms with van der Waals surface area (Å²) >= 11 is 1.08. The summed E-state index contributed by atoms with van der Waals surface area (Å²) in [5, 5.41) is 3.04. The van der Waals surface area contributed by atoms with E-state index < -0.39 is 25.4 Å². The number of piperidine rings is 1. The Bertz CT molecular complexity index is 1200. The molecular formula is C19H25N3O6S3. The largest absolute Gasteiger partial charge is 0.431 e. The van der Waals surface area contributed by atoms with Gasteiger partial charge in [0.2, 0.25) is 15.9 Å². The van der Waals surface area contributed by atoms with Crippen LogP contribution in [0.4, 0.5) is 0 Å². The molecule has 2 fully saturated rings. The third-order valence-corrected chi connectivity index (χ3v) is 10.2. The van der Waals surface area contributed by atoms with Gasteiger partial charge in [-0.1, -0.05) is 18.2 Å². The summed E-state index contributed by atoms with van der Waals surface area (Å²) in [6.45, 7) is 2.77. The standard InChI is InChI=1S/C19H25N3O6S3/c1-19(7-10-30(24,25)13-19)21-17(23)12-29-18-20-15-11-14(5-6-16(15)28-18)31(26,27)22-8-3-2-4-9-22/h5-6,11H,2-4,7-10,12-13H2,1H3,(H,21,23)/t19-/m1/s1. The maximum absolute atomic E-state index is 12.9. The van der Waals surface area contributed by atoms with Gasteiger partial charge < -0.3 is 9.73 Å². The lowest BCUT2D eigenvalue weighted by Crippen LogP contribution is -2.47. The van der Waals surface area contributed by atoms with E-state index in [-0.39, 0.29) is 33.3 Å². The molecule has 1 aromatic carbocycles.